The molecule has 2 amide bonds. The van der Waals surface area contributed by atoms with E-state index in [9.17, 15) is 9.59 Å². The van der Waals surface area contributed by atoms with Gasteiger partial charge in [0.15, 0.2) is 4.96 Å². The number of hydrogen-bond acceptors (Lipinski definition) is 4. The monoisotopic (exact) mass is 290 g/mol. The van der Waals surface area contributed by atoms with Gasteiger partial charge in [-0.25, -0.2) is 4.98 Å². The molecule has 3 heterocycles. The van der Waals surface area contributed by atoms with Gasteiger partial charge in [0.1, 0.15) is 6.04 Å². The maximum atomic E-state index is 12.1. The van der Waals surface area contributed by atoms with Gasteiger partial charge < -0.3 is 10.2 Å². The highest BCUT2D eigenvalue weighted by Crippen LogP contribution is 2.37. The molecule has 1 aliphatic carbocycles. The fourth-order valence-corrected chi connectivity index (χ4v) is 3.48. The van der Waals surface area contributed by atoms with Gasteiger partial charge in [-0.3, -0.25) is 14.0 Å². The first-order valence-electron chi connectivity index (χ1n) is 6.70. The Morgan fingerprint density at radius 3 is 3.00 bits per heavy atom. The summed E-state index contributed by atoms with van der Waals surface area (Å²) < 4.78 is 1.95. The lowest BCUT2D eigenvalue weighted by Gasteiger charge is -2.34. The van der Waals surface area contributed by atoms with E-state index < -0.39 is 0 Å². The lowest BCUT2D eigenvalue weighted by atomic mass is 10.1. The van der Waals surface area contributed by atoms with Crippen LogP contribution in [-0.2, 0) is 16.1 Å². The van der Waals surface area contributed by atoms with Gasteiger partial charge in [0.05, 0.1) is 18.8 Å². The van der Waals surface area contributed by atoms with Gasteiger partial charge in [0.25, 0.3) is 0 Å². The number of nitrogens with one attached hydrogen (secondary N) is 1. The fourth-order valence-electron chi connectivity index (χ4n) is 2.76. The zero-order chi connectivity index (χ0) is 13.7. The Kier molecular flexibility index (Phi) is 2.56. The molecular formula is C13H14N4O2S. The first kappa shape index (κ1) is 11.9. The number of imidazole rings is 1. The molecule has 6 nitrogen and oxygen atoms in total. The Bertz CT molecular complexity index is 659. The number of piperazine rings is 1. The number of aromatic nitrogens is 2. The van der Waals surface area contributed by atoms with Crippen LogP contribution in [0.5, 0.6) is 0 Å². The van der Waals surface area contributed by atoms with Crippen LogP contribution in [0.2, 0.25) is 0 Å². The van der Waals surface area contributed by atoms with Crippen LogP contribution in [-0.4, -0.2) is 38.7 Å². The highest BCUT2D eigenvalue weighted by atomic mass is 32.1. The molecule has 2 aromatic heterocycles. The smallest absolute Gasteiger partial charge is 0.243 e. The number of fused-ring (bicyclic) bond motifs is 1. The molecular weight excluding hydrogens is 276 g/mol. The average Bonchev–Trinajstić information content (AvgIpc) is 3.03. The molecule has 2 aromatic rings. The second-order valence-corrected chi connectivity index (χ2v) is 6.22. The van der Waals surface area contributed by atoms with E-state index in [1.54, 1.807) is 16.2 Å². The van der Waals surface area contributed by atoms with Crippen molar-refractivity contribution in [3.8, 4) is 0 Å². The van der Waals surface area contributed by atoms with Crippen molar-refractivity contribution in [3.63, 3.8) is 0 Å². The minimum absolute atomic E-state index is 0.0159. The topological polar surface area (TPSA) is 66.7 Å². The van der Waals surface area contributed by atoms with Crippen molar-refractivity contribution in [2.75, 3.05) is 6.54 Å². The van der Waals surface area contributed by atoms with Gasteiger partial charge in [0.2, 0.25) is 11.8 Å². The van der Waals surface area contributed by atoms with Gasteiger partial charge in [-0.2, -0.15) is 0 Å². The first-order valence-corrected chi connectivity index (χ1v) is 7.58. The van der Waals surface area contributed by atoms with Crippen molar-refractivity contribution >= 4 is 28.1 Å². The number of carbonyl (C=O) groups excluding carboxylic acids is 2. The summed E-state index contributed by atoms with van der Waals surface area (Å²) in [4.78, 5) is 31.2. The summed E-state index contributed by atoms with van der Waals surface area (Å²) in [5, 5.41) is 4.66. The van der Waals surface area contributed by atoms with E-state index in [1.165, 1.54) is 0 Å². The van der Waals surface area contributed by atoms with E-state index in [0.717, 1.165) is 23.5 Å². The molecule has 0 radical (unpaired) electrons. The predicted molar refractivity (Wildman–Crippen MR) is 73.1 cm³/mol. The second-order valence-electron chi connectivity index (χ2n) is 5.35. The van der Waals surface area contributed by atoms with Crippen LogP contribution in [0, 0.1) is 5.92 Å². The quantitative estimate of drug-likeness (QED) is 0.902. The van der Waals surface area contributed by atoms with E-state index in [2.05, 4.69) is 10.3 Å². The number of carbonyl (C=O) groups is 2. The van der Waals surface area contributed by atoms with Crippen LogP contribution in [0.15, 0.2) is 17.8 Å². The molecule has 1 saturated carbocycles. The van der Waals surface area contributed by atoms with Crippen molar-refractivity contribution in [1.82, 2.24) is 19.6 Å². The van der Waals surface area contributed by atoms with E-state index in [0.29, 0.717) is 12.5 Å². The standard InChI is InChI=1S/C13H14N4O2S/c18-10-5-14-12(19)11(8-1-2-8)17(10)7-9-6-16-3-4-20-13(16)15-9/h3-4,6,8,11H,1-2,5,7H2,(H,14,19). The largest absolute Gasteiger partial charge is 0.345 e. The summed E-state index contributed by atoms with van der Waals surface area (Å²) in [6, 6.07) is -0.309. The number of rotatable bonds is 3. The van der Waals surface area contributed by atoms with Crippen LogP contribution in [0.3, 0.4) is 0 Å². The van der Waals surface area contributed by atoms with Crippen molar-refractivity contribution in [3.05, 3.63) is 23.5 Å². The van der Waals surface area contributed by atoms with Crippen LogP contribution in [0.4, 0.5) is 0 Å². The van der Waals surface area contributed by atoms with E-state index in [-0.39, 0.29) is 24.4 Å². The van der Waals surface area contributed by atoms with Crippen molar-refractivity contribution in [2.24, 2.45) is 5.92 Å². The molecule has 2 fully saturated rings. The third-order valence-corrected chi connectivity index (χ3v) is 4.65. The SMILES string of the molecule is O=C1NCC(=O)N(Cc2cn3ccsc3n2)C1C1CC1. The third-order valence-electron chi connectivity index (χ3n) is 3.88. The molecule has 0 aromatic carbocycles. The van der Waals surface area contributed by atoms with Gasteiger partial charge >= 0.3 is 0 Å². The highest BCUT2D eigenvalue weighted by Gasteiger charge is 2.44. The number of amides is 2. The summed E-state index contributed by atoms with van der Waals surface area (Å²) in [5.41, 5.74) is 0.838. The van der Waals surface area contributed by atoms with Crippen molar-refractivity contribution < 1.29 is 9.59 Å². The molecule has 104 valence electrons. The molecule has 1 N–H and O–H groups in total. The van der Waals surface area contributed by atoms with Gasteiger partial charge in [0, 0.05) is 17.8 Å². The second kappa shape index (κ2) is 4.31. The number of thiazole rings is 1. The Morgan fingerprint density at radius 2 is 2.25 bits per heavy atom. The summed E-state index contributed by atoms with van der Waals surface area (Å²) in [6.07, 6.45) is 5.93. The zero-order valence-corrected chi connectivity index (χ0v) is 11.6. The first-order chi connectivity index (χ1) is 9.72. The molecule has 1 unspecified atom stereocenters. The van der Waals surface area contributed by atoms with Gasteiger partial charge in [-0.05, 0) is 18.8 Å². The maximum absolute atomic E-state index is 12.1. The lowest BCUT2D eigenvalue weighted by molar-refractivity contribution is -0.147. The van der Waals surface area contributed by atoms with Gasteiger partial charge in [-0.15, -0.1) is 11.3 Å². The molecule has 0 bridgehead atoms. The fraction of sp³-hybridized carbons (Fsp3) is 0.462. The summed E-state index contributed by atoms with van der Waals surface area (Å²) in [5.74, 6) is 0.286. The predicted octanol–water partition coefficient (Wildman–Crippen LogP) is 0.633. The molecule has 2 aliphatic rings. The van der Waals surface area contributed by atoms with E-state index in [1.807, 2.05) is 22.2 Å². The van der Waals surface area contributed by atoms with Crippen molar-refractivity contribution in [1.29, 1.82) is 0 Å². The summed E-state index contributed by atoms with van der Waals surface area (Å²) in [6.45, 7) is 0.520. The maximum Gasteiger partial charge on any atom is 0.243 e. The van der Waals surface area contributed by atoms with E-state index >= 15 is 0 Å². The minimum atomic E-state index is -0.309. The van der Waals surface area contributed by atoms with Crippen LogP contribution in [0.1, 0.15) is 18.5 Å². The van der Waals surface area contributed by atoms with Crippen LogP contribution < -0.4 is 5.32 Å². The Hall–Kier alpha value is -1.89. The van der Waals surface area contributed by atoms with E-state index in [4.69, 9.17) is 0 Å². The highest BCUT2D eigenvalue weighted by molar-refractivity contribution is 7.15. The lowest BCUT2D eigenvalue weighted by Crippen LogP contribution is -2.58. The van der Waals surface area contributed by atoms with Crippen LogP contribution in [0.25, 0.3) is 4.96 Å². The summed E-state index contributed by atoms with van der Waals surface area (Å²) >= 11 is 1.56. The minimum Gasteiger partial charge on any atom is -0.345 e. The number of nitrogens with zero attached hydrogens (tertiary/aromatic N) is 3. The Labute approximate surface area is 119 Å². The summed E-state index contributed by atoms with van der Waals surface area (Å²) in [7, 11) is 0. The van der Waals surface area contributed by atoms with Crippen molar-refractivity contribution in [2.45, 2.75) is 25.4 Å². The average molecular weight is 290 g/mol. The van der Waals surface area contributed by atoms with Gasteiger partial charge in [-0.1, -0.05) is 0 Å². The Balaban J connectivity index is 1.62. The molecule has 1 aliphatic heterocycles. The molecule has 20 heavy (non-hydrogen) atoms. The van der Waals surface area contributed by atoms with Crippen LogP contribution >= 0.6 is 11.3 Å². The molecule has 4 rings (SSSR count). The normalized spacial score (nSPS) is 23.4. The Morgan fingerprint density at radius 1 is 1.40 bits per heavy atom. The number of hydrogen-bond donors (Lipinski definition) is 1. The zero-order valence-electron chi connectivity index (χ0n) is 10.8. The molecule has 7 heteroatoms. The molecule has 1 atom stereocenters. The molecule has 0 spiro atoms. The third kappa shape index (κ3) is 1.89. The molecule has 1 saturated heterocycles.